The molecule has 3 rings (SSSR count). The van der Waals surface area contributed by atoms with E-state index < -0.39 is 15.4 Å². The molecule has 0 atom stereocenters. The van der Waals surface area contributed by atoms with Gasteiger partial charge in [0.2, 0.25) is 0 Å². The van der Waals surface area contributed by atoms with Crippen LogP contribution in [-0.4, -0.2) is 24.6 Å². The van der Waals surface area contributed by atoms with Gasteiger partial charge in [0.1, 0.15) is 10.8 Å². The van der Waals surface area contributed by atoms with Crippen LogP contribution in [0.15, 0.2) is 53.7 Å². The first kappa shape index (κ1) is 20.4. The molecule has 1 saturated carbocycles. The van der Waals surface area contributed by atoms with E-state index in [-0.39, 0.29) is 11.7 Å². The van der Waals surface area contributed by atoms with Crippen molar-refractivity contribution in [2.75, 3.05) is 0 Å². The fraction of sp³-hybridized carbons (Fsp3) is 0.222. The molecule has 0 unspecified atom stereocenters. The van der Waals surface area contributed by atoms with Crippen molar-refractivity contribution >= 4 is 44.0 Å². The van der Waals surface area contributed by atoms with Crippen LogP contribution in [0.1, 0.15) is 34.6 Å². The summed E-state index contributed by atoms with van der Waals surface area (Å²) in [5, 5.41) is 5.20. The summed E-state index contributed by atoms with van der Waals surface area (Å²) in [5.41, 5.74) is 5.97. The van der Waals surface area contributed by atoms with Crippen molar-refractivity contribution in [3.05, 3.63) is 64.2 Å². The molecule has 3 N–H and O–H groups in total. The number of amides is 1. The Morgan fingerprint density at radius 1 is 1.36 bits per heavy atom. The lowest BCUT2D eigenvalue weighted by molar-refractivity contribution is 0.0969. The summed E-state index contributed by atoms with van der Waals surface area (Å²) in [6.07, 6.45) is 5.24. The largest absolute Gasteiger partial charge is 0.404 e. The molecule has 1 amide bonds. The van der Waals surface area contributed by atoms with Gasteiger partial charge in [0.25, 0.3) is 5.91 Å². The lowest BCUT2D eigenvalue weighted by Gasteiger charge is -2.24. The van der Waals surface area contributed by atoms with Crippen LogP contribution in [-0.2, 0) is 10.1 Å². The number of nitrogens with zero attached hydrogens (tertiary/aromatic N) is 1. The van der Waals surface area contributed by atoms with Crippen molar-refractivity contribution in [1.29, 1.82) is 0 Å². The molecule has 1 aromatic carbocycles. The van der Waals surface area contributed by atoms with E-state index in [1.807, 2.05) is 5.38 Å². The minimum Gasteiger partial charge on any atom is -0.404 e. The minimum absolute atomic E-state index is 0.189. The molecule has 0 radical (unpaired) electrons. The molecule has 1 aliphatic rings. The molecule has 0 bridgehead atoms. The lowest BCUT2D eigenvalue weighted by atomic mass is 10.0. The van der Waals surface area contributed by atoms with Crippen molar-refractivity contribution in [2.45, 2.75) is 24.5 Å². The van der Waals surface area contributed by atoms with Crippen LogP contribution >= 0.6 is 23.1 Å². The van der Waals surface area contributed by atoms with Crippen LogP contribution in [0.5, 0.6) is 5.75 Å². The van der Waals surface area contributed by atoms with Crippen LogP contribution in [0.4, 0.5) is 0 Å². The molecular formula is C18H19N3O4S3. The molecule has 0 aliphatic heterocycles. The van der Waals surface area contributed by atoms with Crippen LogP contribution in [0, 0.1) is 0 Å². The Bertz CT molecular complexity index is 980. The number of nitrogens with one attached hydrogen (secondary N) is 1. The molecule has 1 heterocycles. The molecule has 148 valence electrons. The first-order chi connectivity index (χ1) is 13.4. The summed E-state index contributed by atoms with van der Waals surface area (Å²) in [6.45, 7) is 3.83. The minimum atomic E-state index is -3.61. The third-order valence-corrected chi connectivity index (χ3v) is 7.62. The zero-order valence-electron chi connectivity index (χ0n) is 14.8. The molecule has 1 fully saturated rings. The molecule has 10 heteroatoms. The van der Waals surface area contributed by atoms with Gasteiger partial charge in [-0.05, 0) is 37.1 Å². The third kappa shape index (κ3) is 4.94. The van der Waals surface area contributed by atoms with Crippen LogP contribution in [0.25, 0.3) is 4.91 Å². The second-order valence-electron chi connectivity index (χ2n) is 6.00. The van der Waals surface area contributed by atoms with Crippen molar-refractivity contribution in [1.82, 2.24) is 10.3 Å². The highest BCUT2D eigenvalue weighted by Crippen LogP contribution is 2.32. The molecule has 1 aliphatic carbocycles. The van der Waals surface area contributed by atoms with E-state index in [4.69, 9.17) is 9.92 Å². The van der Waals surface area contributed by atoms with Gasteiger partial charge < -0.3 is 15.2 Å². The van der Waals surface area contributed by atoms with Gasteiger partial charge in [-0.3, -0.25) is 4.79 Å². The Labute approximate surface area is 171 Å². The summed E-state index contributed by atoms with van der Waals surface area (Å²) >= 11 is 2.63. The summed E-state index contributed by atoms with van der Waals surface area (Å²) in [7, 11) is -3.61. The second-order valence-corrected chi connectivity index (χ2v) is 9.85. The molecule has 7 nitrogen and oxygen atoms in total. The van der Waals surface area contributed by atoms with E-state index in [0.717, 1.165) is 11.4 Å². The van der Waals surface area contributed by atoms with Gasteiger partial charge in [0, 0.05) is 23.3 Å². The first-order valence-corrected chi connectivity index (χ1v) is 11.6. The maximum atomic E-state index is 12.4. The fourth-order valence-electron chi connectivity index (χ4n) is 2.37. The quantitative estimate of drug-likeness (QED) is 0.610. The molecular weight excluding hydrogens is 418 g/mol. The van der Waals surface area contributed by atoms with Gasteiger partial charge in [-0.2, -0.15) is 8.42 Å². The monoisotopic (exact) mass is 437 g/mol. The number of hydrogen-bond donors (Lipinski definition) is 2. The summed E-state index contributed by atoms with van der Waals surface area (Å²) < 4.78 is 29.2. The van der Waals surface area contributed by atoms with Gasteiger partial charge in [-0.1, -0.05) is 24.8 Å². The van der Waals surface area contributed by atoms with Crippen molar-refractivity contribution in [2.24, 2.45) is 5.73 Å². The van der Waals surface area contributed by atoms with Crippen LogP contribution in [0.2, 0.25) is 0 Å². The molecule has 2 aromatic rings. The average Bonchev–Trinajstić information content (AvgIpc) is 3.12. The van der Waals surface area contributed by atoms with E-state index in [1.165, 1.54) is 53.6 Å². The number of hydrogen-bond acceptors (Lipinski definition) is 8. The van der Waals surface area contributed by atoms with E-state index in [9.17, 15) is 13.2 Å². The number of nitrogens with two attached hydrogens (primary N) is 1. The smallest absolute Gasteiger partial charge is 0.312 e. The zero-order chi connectivity index (χ0) is 20.1. The second kappa shape index (κ2) is 8.80. The number of benzene rings is 1. The van der Waals surface area contributed by atoms with Gasteiger partial charge in [-0.25, -0.2) is 4.98 Å². The topological polar surface area (TPSA) is 111 Å². The molecule has 0 spiro atoms. The highest BCUT2D eigenvalue weighted by Gasteiger charge is 2.33. The van der Waals surface area contributed by atoms with Crippen molar-refractivity contribution in [3.8, 4) is 5.75 Å². The number of carbonyl (C=O) groups excluding carboxylic acids is 1. The molecule has 0 saturated heterocycles. The van der Waals surface area contributed by atoms with Crippen molar-refractivity contribution < 1.29 is 17.4 Å². The van der Waals surface area contributed by atoms with Gasteiger partial charge in [0.05, 0.1) is 15.2 Å². The average molecular weight is 438 g/mol. The number of thioether (sulfide) groups is 1. The SMILES string of the molecule is C=C(NC(=O)c1ccc(OS(=O)(=O)C2CCC2)cc1)S/C(=C\N)c1nccs1. The summed E-state index contributed by atoms with van der Waals surface area (Å²) in [6, 6.07) is 5.92. The Kier molecular flexibility index (Phi) is 6.42. The van der Waals surface area contributed by atoms with Crippen molar-refractivity contribution in [3.63, 3.8) is 0 Å². The summed E-state index contributed by atoms with van der Waals surface area (Å²) in [4.78, 5) is 17.2. The fourth-order valence-corrected chi connectivity index (χ4v) is 5.24. The van der Waals surface area contributed by atoms with Crippen LogP contribution < -0.4 is 15.2 Å². The van der Waals surface area contributed by atoms with Gasteiger partial charge >= 0.3 is 10.1 Å². The number of aromatic nitrogens is 1. The maximum Gasteiger partial charge on any atom is 0.312 e. The third-order valence-electron chi connectivity index (χ3n) is 4.07. The number of thiazole rings is 1. The van der Waals surface area contributed by atoms with Crippen LogP contribution in [0.3, 0.4) is 0 Å². The van der Waals surface area contributed by atoms with E-state index in [1.54, 1.807) is 6.20 Å². The predicted octanol–water partition coefficient (Wildman–Crippen LogP) is 3.30. The van der Waals surface area contributed by atoms with E-state index in [0.29, 0.717) is 28.3 Å². The maximum absolute atomic E-state index is 12.4. The summed E-state index contributed by atoms with van der Waals surface area (Å²) in [5.74, 6) is -0.185. The lowest BCUT2D eigenvalue weighted by Crippen LogP contribution is -2.31. The highest BCUT2D eigenvalue weighted by molar-refractivity contribution is 8.11. The van der Waals surface area contributed by atoms with Gasteiger partial charge in [-0.15, -0.1) is 11.3 Å². The number of carbonyl (C=O) groups is 1. The normalized spacial score (nSPS) is 14.9. The zero-order valence-corrected chi connectivity index (χ0v) is 17.3. The Balaban J connectivity index is 1.57. The number of rotatable bonds is 8. The van der Waals surface area contributed by atoms with E-state index in [2.05, 4.69) is 16.9 Å². The van der Waals surface area contributed by atoms with Gasteiger partial charge in [0.15, 0.2) is 0 Å². The Morgan fingerprint density at radius 3 is 2.61 bits per heavy atom. The predicted molar refractivity (Wildman–Crippen MR) is 112 cm³/mol. The molecule has 28 heavy (non-hydrogen) atoms. The first-order valence-electron chi connectivity index (χ1n) is 8.42. The molecule has 1 aromatic heterocycles. The Hall–Kier alpha value is -2.30. The Morgan fingerprint density at radius 2 is 2.07 bits per heavy atom. The van der Waals surface area contributed by atoms with E-state index >= 15 is 0 Å². The highest BCUT2D eigenvalue weighted by atomic mass is 32.2. The standard InChI is InChI=1S/C18H19N3O4S3/c1-12(27-16(11-19)18-20-9-10-26-18)21-17(22)13-5-7-14(8-6-13)25-28(23,24)15-3-2-4-15/h5-11,15H,1-4,19H2,(H,21,22)/b16-11-.